The molecule has 0 saturated heterocycles. The molecule has 0 aliphatic heterocycles. The molecule has 1 aromatic heterocycles. The first-order chi connectivity index (χ1) is 15.4. The van der Waals surface area contributed by atoms with Crippen molar-refractivity contribution in [3.8, 4) is 17.0 Å². The molecule has 0 fully saturated rings. The van der Waals surface area contributed by atoms with Crippen molar-refractivity contribution in [3.05, 3.63) is 95.2 Å². The average molecular weight is 651 g/mol. The Kier molecular flexibility index (Phi) is 6.60. The summed E-state index contributed by atoms with van der Waals surface area (Å²) in [5, 5.41) is 10.7. The van der Waals surface area contributed by atoms with Crippen LogP contribution in [0, 0.1) is 7.14 Å². The van der Waals surface area contributed by atoms with Crippen molar-refractivity contribution in [2.45, 2.75) is 0 Å². The summed E-state index contributed by atoms with van der Waals surface area (Å²) in [6.07, 6.45) is 0. The van der Waals surface area contributed by atoms with Crippen LogP contribution in [0.5, 0.6) is 5.75 Å². The van der Waals surface area contributed by atoms with Gasteiger partial charge < -0.3 is 14.8 Å². The van der Waals surface area contributed by atoms with Crippen LogP contribution in [-0.2, 0) is 4.74 Å². The summed E-state index contributed by atoms with van der Waals surface area (Å²) in [5.41, 5.74) is 1.44. The molecule has 32 heavy (non-hydrogen) atoms. The number of esters is 1. The molecule has 0 bridgehead atoms. The second kappa shape index (κ2) is 9.41. The third kappa shape index (κ3) is 4.42. The van der Waals surface area contributed by atoms with Gasteiger partial charge in [-0.05, 0) is 75.5 Å². The minimum atomic E-state index is -0.684. The minimum Gasteiger partial charge on any atom is -0.503 e. The molecule has 0 radical (unpaired) electrons. The Morgan fingerprint density at radius 1 is 0.938 bits per heavy atom. The molecule has 1 heterocycles. The molecule has 4 aromatic rings. The first kappa shape index (κ1) is 22.5. The number of pyridine rings is 1. The summed E-state index contributed by atoms with van der Waals surface area (Å²) in [4.78, 5) is 40.7. The first-order valence-corrected chi connectivity index (χ1v) is 11.6. The summed E-state index contributed by atoms with van der Waals surface area (Å²) in [5.74, 6) is -1.38. The topological polar surface area (TPSA) is 96.5 Å². The smallest absolute Gasteiger partial charge is 0.338 e. The number of hydrogen-bond donors (Lipinski definition) is 2. The third-order valence-electron chi connectivity index (χ3n) is 4.86. The zero-order chi connectivity index (χ0) is 22.8. The highest BCUT2D eigenvalue weighted by atomic mass is 127. The average Bonchev–Trinajstić information content (AvgIpc) is 2.80. The number of carbonyl (C=O) groups excluding carboxylic acids is 2. The van der Waals surface area contributed by atoms with Crippen molar-refractivity contribution >= 4 is 67.8 Å². The maximum absolute atomic E-state index is 12.7. The van der Waals surface area contributed by atoms with Gasteiger partial charge >= 0.3 is 5.97 Å². The van der Waals surface area contributed by atoms with Gasteiger partial charge in [0.2, 0.25) is 11.2 Å². The monoisotopic (exact) mass is 651 g/mol. The Bertz CT molecular complexity index is 1430. The second-order valence-corrected chi connectivity index (χ2v) is 9.22. The van der Waals surface area contributed by atoms with Crippen LogP contribution in [0.4, 0.5) is 0 Å². The van der Waals surface area contributed by atoms with E-state index in [4.69, 9.17) is 4.74 Å². The number of carbonyl (C=O) groups is 2. The van der Waals surface area contributed by atoms with E-state index in [0.29, 0.717) is 16.6 Å². The standard InChI is InChI=1S/C24H15I2NO5/c25-17-7-3-1-5-14(17)20(28)12-32-24(31)13-9-10-16-19(11-13)27-21(23(30)22(16)29)15-6-2-4-8-18(15)26/h1-11,30H,12H2,(H,27,29). The molecule has 6 nitrogen and oxygen atoms in total. The fraction of sp³-hybridized carbons (Fsp3) is 0.0417. The van der Waals surface area contributed by atoms with E-state index in [-0.39, 0.29) is 28.2 Å². The number of benzene rings is 3. The van der Waals surface area contributed by atoms with Crippen molar-refractivity contribution in [3.63, 3.8) is 0 Å². The number of rotatable bonds is 5. The van der Waals surface area contributed by atoms with E-state index in [9.17, 15) is 19.5 Å². The summed E-state index contributed by atoms with van der Waals surface area (Å²) in [6.45, 7) is -0.392. The van der Waals surface area contributed by atoms with E-state index in [1.165, 1.54) is 18.2 Å². The van der Waals surface area contributed by atoms with Gasteiger partial charge in [0.15, 0.2) is 12.4 Å². The molecular formula is C24H15I2NO5. The maximum atomic E-state index is 12.7. The molecule has 0 aliphatic carbocycles. The Morgan fingerprint density at radius 2 is 1.62 bits per heavy atom. The van der Waals surface area contributed by atoms with E-state index < -0.39 is 18.0 Å². The second-order valence-electron chi connectivity index (χ2n) is 6.90. The molecule has 0 amide bonds. The molecule has 4 rings (SSSR count). The Morgan fingerprint density at radius 3 is 2.34 bits per heavy atom. The number of ether oxygens (including phenoxy) is 1. The number of ketones is 1. The van der Waals surface area contributed by atoms with Crippen LogP contribution in [0.1, 0.15) is 20.7 Å². The van der Waals surface area contributed by atoms with Gasteiger partial charge in [-0.15, -0.1) is 0 Å². The molecule has 8 heteroatoms. The quantitative estimate of drug-likeness (QED) is 0.177. The highest BCUT2D eigenvalue weighted by molar-refractivity contribution is 14.1. The van der Waals surface area contributed by atoms with Crippen molar-refractivity contribution in [2.24, 2.45) is 0 Å². The lowest BCUT2D eigenvalue weighted by molar-refractivity contribution is 0.0474. The molecule has 0 aliphatic rings. The van der Waals surface area contributed by atoms with E-state index in [1.54, 1.807) is 30.3 Å². The summed E-state index contributed by atoms with van der Waals surface area (Å²) in [6, 6.07) is 18.7. The number of aromatic hydroxyl groups is 1. The van der Waals surface area contributed by atoms with Gasteiger partial charge in [-0.2, -0.15) is 0 Å². The predicted molar refractivity (Wildman–Crippen MR) is 138 cm³/mol. The number of Topliss-reactive ketones (excluding diaryl/α,β-unsaturated/α-hetero) is 1. The molecule has 0 atom stereocenters. The van der Waals surface area contributed by atoms with E-state index >= 15 is 0 Å². The van der Waals surface area contributed by atoms with Crippen LogP contribution in [0.3, 0.4) is 0 Å². The summed E-state index contributed by atoms with van der Waals surface area (Å²) >= 11 is 4.17. The Hall–Kier alpha value is -2.73. The molecule has 160 valence electrons. The lowest BCUT2D eigenvalue weighted by atomic mass is 10.1. The van der Waals surface area contributed by atoms with Gasteiger partial charge in [0.25, 0.3) is 0 Å². The van der Waals surface area contributed by atoms with E-state index in [2.05, 4.69) is 50.2 Å². The van der Waals surface area contributed by atoms with Crippen molar-refractivity contribution in [1.82, 2.24) is 4.98 Å². The number of nitrogens with one attached hydrogen (secondary N) is 1. The zero-order valence-electron chi connectivity index (χ0n) is 16.4. The first-order valence-electron chi connectivity index (χ1n) is 9.45. The lowest BCUT2D eigenvalue weighted by Gasteiger charge is -2.10. The molecule has 0 saturated carbocycles. The highest BCUT2D eigenvalue weighted by Crippen LogP contribution is 2.30. The summed E-state index contributed by atoms with van der Waals surface area (Å²) < 4.78 is 6.82. The number of aromatic amines is 1. The molecule has 3 aromatic carbocycles. The minimum absolute atomic E-state index is 0.183. The molecule has 0 spiro atoms. The fourth-order valence-electron chi connectivity index (χ4n) is 3.25. The van der Waals surface area contributed by atoms with Crippen molar-refractivity contribution in [2.75, 3.05) is 6.61 Å². The number of halogens is 2. The maximum Gasteiger partial charge on any atom is 0.338 e. The van der Waals surface area contributed by atoms with E-state index in [0.717, 1.165) is 7.14 Å². The van der Waals surface area contributed by atoms with E-state index in [1.807, 2.05) is 18.2 Å². The van der Waals surface area contributed by atoms with Crippen LogP contribution in [0.2, 0.25) is 0 Å². The molecule has 0 unspecified atom stereocenters. The molecule has 2 N–H and O–H groups in total. The molecular weight excluding hydrogens is 636 g/mol. The van der Waals surface area contributed by atoms with Gasteiger partial charge in [0.1, 0.15) is 0 Å². The highest BCUT2D eigenvalue weighted by Gasteiger charge is 2.18. The Balaban J connectivity index is 1.64. The van der Waals surface area contributed by atoms with Crippen molar-refractivity contribution in [1.29, 1.82) is 0 Å². The van der Waals surface area contributed by atoms with Crippen LogP contribution in [0.15, 0.2) is 71.5 Å². The van der Waals surface area contributed by atoms with Crippen LogP contribution in [-0.4, -0.2) is 28.4 Å². The number of hydrogen-bond acceptors (Lipinski definition) is 5. The van der Waals surface area contributed by atoms with Gasteiger partial charge in [0, 0.05) is 23.7 Å². The number of fused-ring (bicyclic) bond motifs is 1. The van der Waals surface area contributed by atoms with Crippen LogP contribution in [0.25, 0.3) is 22.2 Å². The fourth-order valence-corrected chi connectivity index (χ4v) is 4.59. The SMILES string of the molecule is O=C(OCC(=O)c1ccccc1I)c1ccc2c(=O)c(O)c(-c3ccccc3I)[nH]c2c1. The van der Waals surface area contributed by atoms with Gasteiger partial charge in [-0.3, -0.25) is 9.59 Å². The van der Waals surface area contributed by atoms with Crippen LogP contribution < -0.4 is 5.43 Å². The van der Waals surface area contributed by atoms with Gasteiger partial charge in [0.05, 0.1) is 16.8 Å². The largest absolute Gasteiger partial charge is 0.503 e. The zero-order valence-corrected chi connectivity index (χ0v) is 20.7. The lowest BCUT2D eigenvalue weighted by Crippen LogP contribution is -2.15. The van der Waals surface area contributed by atoms with Gasteiger partial charge in [-0.25, -0.2) is 4.79 Å². The Labute approximate surface area is 209 Å². The van der Waals surface area contributed by atoms with Gasteiger partial charge in [-0.1, -0.05) is 36.4 Å². The van der Waals surface area contributed by atoms with Crippen LogP contribution >= 0.6 is 45.2 Å². The van der Waals surface area contributed by atoms with Crippen molar-refractivity contribution < 1.29 is 19.4 Å². The number of aromatic nitrogens is 1. The number of H-pyrrole nitrogens is 1. The third-order valence-corrected chi connectivity index (χ3v) is 6.74. The summed E-state index contributed by atoms with van der Waals surface area (Å²) in [7, 11) is 0. The predicted octanol–water partition coefficient (Wildman–Crippen LogP) is 5.15. The normalized spacial score (nSPS) is 10.8.